The summed E-state index contributed by atoms with van der Waals surface area (Å²) in [6.45, 7) is 0.546. The van der Waals surface area contributed by atoms with Gasteiger partial charge in [-0.05, 0) is 23.3 Å². The number of amidine groups is 1. The molecule has 2 aromatic rings. The van der Waals surface area contributed by atoms with Crippen LogP contribution in [0.15, 0.2) is 54.6 Å². The van der Waals surface area contributed by atoms with Crippen LogP contribution in [0, 0.1) is 5.41 Å². The zero-order chi connectivity index (χ0) is 12.8. The number of hydrogen-bond acceptors (Lipinski definition) is 2. The number of nitrogens with one attached hydrogen (secondary N) is 1. The minimum absolute atomic E-state index is 0.162. The third-order valence-corrected chi connectivity index (χ3v) is 2.54. The average Bonchev–Trinajstić information content (AvgIpc) is 2.37. The van der Waals surface area contributed by atoms with Crippen molar-refractivity contribution >= 4 is 5.84 Å². The van der Waals surface area contributed by atoms with Crippen LogP contribution in [0.1, 0.15) is 11.1 Å². The minimum Gasteiger partial charge on any atom is -0.489 e. The maximum absolute atomic E-state index is 7.28. The van der Waals surface area contributed by atoms with Crippen molar-refractivity contribution in [3.63, 3.8) is 0 Å². The molecule has 0 aliphatic carbocycles. The minimum atomic E-state index is 0.162. The lowest BCUT2D eigenvalue weighted by atomic mass is 10.1. The van der Waals surface area contributed by atoms with Crippen LogP contribution in [0.25, 0.3) is 0 Å². The van der Waals surface area contributed by atoms with Crippen LogP contribution >= 0.6 is 0 Å². The van der Waals surface area contributed by atoms with Gasteiger partial charge < -0.3 is 10.5 Å². The third kappa shape index (κ3) is 3.63. The van der Waals surface area contributed by atoms with Crippen LogP contribution in [0.3, 0.4) is 0 Å². The molecule has 0 saturated heterocycles. The highest BCUT2D eigenvalue weighted by molar-refractivity contribution is 5.79. The van der Waals surface area contributed by atoms with Crippen molar-refractivity contribution < 1.29 is 4.74 Å². The zero-order valence-corrected chi connectivity index (χ0v) is 10.1. The van der Waals surface area contributed by atoms with Crippen LogP contribution in [0.2, 0.25) is 0 Å². The van der Waals surface area contributed by atoms with E-state index in [0.717, 1.165) is 16.9 Å². The Bertz CT molecular complexity index is 523. The molecule has 0 radical (unpaired) electrons. The first-order valence-corrected chi connectivity index (χ1v) is 5.82. The molecule has 0 aliphatic heterocycles. The topological polar surface area (TPSA) is 59.1 Å². The molecule has 3 N–H and O–H groups in total. The normalized spacial score (nSPS) is 10.0. The van der Waals surface area contributed by atoms with Gasteiger partial charge in [-0.1, -0.05) is 42.5 Å². The van der Waals surface area contributed by atoms with E-state index in [1.807, 2.05) is 54.6 Å². The van der Waals surface area contributed by atoms with Gasteiger partial charge in [-0.3, -0.25) is 5.41 Å². The van der Waals surface area contributed by atoms with E-state index in [1.165, 1.54) is 0 Å². The molecular formula is C15H16N2O. The average molecular weight is 240 g/mol. The highest BCUT2D eigenvalue weighted by Crippen LogP contribution is 2.15. The van der Waals surface area contributed by atoms with Gasteiger partial charge in [0, 0.05) is 6.42 Å². The number of hydrogen-bond donors (Lipinski definition) is 2. The fraction of sp³-hybridized carbons (Fsp3) is 0.133. The summed E-state index contributed by atoms with van der Waals surface area (Å²) in [6.07, 6.45) is 0.461. The summed E-state index contributed by atoms with van der Waals surface area (Å²) in [4.78, 5) is 0. The Kier molecular flexibility index (Phi) is 3.97. The highest BCUT2D eigenvalue weighted by atomic mass is 16.5. The Balaban J connectivity index is 1.99. The molecule has 0 atom stereocenters. The first kappa shape index (κ1) is 12.2. The zero-order valence-electron chi connectivity index (χ0n) is 10.1. The first-order chi connectivity index (χ1) is 8.74. The van der Waals surface area contributed by atoms with Gasteiger partial charge in [-0.15, -0.1) is 0 Å². The van der Waals surface area contributed by atoms with Crippen molar-refractivity contribution in [1.29, 1.82) is 5.41 Å². The fourth-order valence-electron chi connectivity index (χ4n) is 1.71. The number of rotatable bonds is 5. The monoisotopic (exact) mass is 240 g/mol. The van der Waals surface area contributed by atoms with E-state index in [2.05, 4.69) is 0 Å². The molecule has 0 fully saturated rings. The molecule has 0 heterocycles. The third-order valence-electron chi connectivity index (χ3n) is 2.54. The molecule has 92 valence electrons. The number of ether oxygens (including phenoxy) is 1. The van der Waals surface area contributed by atoms with E-state index < -0.39 is 0 Å². The maximum atomic E-state index is 7.28. The molecule has 18 heavy (non-hydrogen) atoms. The van der Waals surface area contributed by atoms with Crippen molar-refractivity contribution in [2.45, 2.75) is 13.0 Å². The van der Waals surface area contributed by atoms with E-state index >= 15 is 0 Å². The van der Waals surface area contributed by atoms with Crippen molar-refractivity contribution in [1.82, 2.24) is 0 Å². The van der Waals surface area contributed by atoms with Gasteiger partial charge in [0.2, 0.25) is 0 Å². The second-order valence-electron chi connectivity index (χ2n) is 4.12. The van der Waals surface area contributed by atoms with E-state index in [4.69, 9.17) is 15.9 Å². The van der Waals surface area contributed by atoms with Crippen molar-refractivity contribution in [3.05, 3.63) is 65.7 Å². The fourth-order valence-corrected chi connectivity index (χ4v) is 1.71. The lowest BCUT2D eigenvalue weighted by molar-refractivity contribution is 0.306. The SMILES string of the molecule is N=C(N)Cc1cccc(OCc2ccccc2)c1. The summed E-state index contributed by atoms with van der Waals surface area (Å²) in [6, 6.07) is 17.7. The Labute approximate surface area is 107 Å². The summed E-state index contributed by atoms with van der Waals surface area (Å²) in [7, 11) is 0. The molecule has 0 amide bonds. The van der Waals surface area contributed by atoms with Gasteiger partial charge in [-0.2, -0.15) is 0 Å². The maximum Gasteiger partial charge on any atom is 0.120 e. The van der Waals surface area contributed by atoms with Crippen LogP contribution in [-0.4, -0.2) is 5.84 Å². The predicted octanol–water partition coefficient (Wildman–Crippen LogP) is 2.74. The van der Waals surface area contributed by atoms with Gasteiger partial charge in [0.25, 0.3) is 0 Å². The molecular weight excluding hydrogens is 224 g/mol. The number of nitrogens with two attached hydrogens (primary N) is 1. The van der Waals surface area contributed by atoms with Gasteiger partial charge in [-0.25, -0.2) is 0 Å². The Morgan fingerprint density at radius 3 is 2.44 bits per heavy atom. The molecule has 3 heteroatoms. The van der Waals surface area contributed by atoms with Crippen LogP contribution in [0.4, 0.5) is 0 Å². The molecule has 0 aromatic heterocycles. The molecule has 2 aromatic carbocycles. The standard InChI is InChI=1S/C15H16N2O/c16-15(17)10-13-7-4-8-14(9-13)18-11-12-5-2-1-3-6-12/h1-9H,10-11H2,(H3,16,17). The Morgan fingerprint density at radius 1 is 1.00 bits per heavy atom. The van der Waals surface area contributed by atoms with Gasteiger partial charge in [0.15, 0.2) is 0 Å². The summed E-state index contributed by atoms with van der Waals surface area (Å²) >= 11 is 0. The molecule has 3 nitrogen and oxygen atoms in total. The van der Waals surface area contributed by atoms with Crippen molar-refractivity contribution in [2.75, 3.05) is 0 Å². The van der Waals surface area contributed by atoms with Gasteiger partial charge >= 0.3 is 0 Å². The van der Waals surface area contributed by atoms with Crippen molar-refractivity contribution in [3.8, 4) is 5.75 Å². The van der Waals surface area contributed by atoms with Gasteiger partial charge in [0.1, 0.15) is 12.4 Å². The lowest BCUT2D eigenvalue weighted by Gasteiger charge is -2.07. The predicted molar refractivity (Wildman–Crippen MR) is 72.8 cm³/mol. The Hall–Kier alpha value is -2.29. The molecule has 0 saturated carbocycles. The summed E-state index contributed by atoms with van der Waals surface area (Å²) < 4.78 is 5.70. The largest absolute Gasteiger partial charge is 0.489 e. The molecule has 0 aliphatic rings. The van der Waals surface area contributed by atoms with E-state index in [-0.39, 0.29) is 5.84 Å². The lowest BCUT2D eigenvalue weighted by Crippen LogP contribution is -2.12. The van der Waals surface area contributed by atoms with Crippen LogP contribution < -0.4 is 10.5 Å². The van der Waals surface area contributed by atoms with Crippen molar-refractivity contribution in [2.24, 2.45) is 5.73 Å². The molecule has 0 spiro atoms. The highest BCUT2D eigenvalue weighted by Gasteiger charge is 1.99. The van der Waals surface area contributed by atoms with E-state index in [1.54, 1.807) is 0 Å². The molecule has 0 unspecified atom stereocenters. The summed E-state index contributed by atoms with van der Waals surface area (Å²) in [5.41, 5.74) is 7.51. The van der Waals surface area contributed by atoms with Gasteiger partial charge in [0.05, 0.1) is 5.84 Å². The van der Waals surface area contributed by atoms with E-state index in [0.29, 0.717) is 13.0 Å². The Morgan fingerprint density at radius 2 is 1.72 bits per heavy atom. The van der Waals surface area contributed by atoms with E-state index in [9.17, 15) is 0 Å². The number of benzene rings is 2. The second kappa shape index (κ2) is 5.87. The molecule has 2 rings (SSSR count). The van der Waals surface area contributed by atoms with Crippen LogP contribution in [0.5, 0.6) is 5.75 Å². The molecule has 0 bridgehead atoms. The smallest absolute Gasteiger partial charge is 0.120 e. The van der Waals surface area contributed by atoms with Crippen LogP contribution in [-0.2, 0) is 13.0 Å². The quantitative estimate of drug-likeness (QED) is 0.623. The summed E-state index contributed by atoms with van der Waals surface area (Å²) in [5.74, 6) is 0.966. The first-order valence-electron chi connectivity index (χ1n) is 5.82. The summed E-state index contributed by atoms with van der Waals surface area (Å²) in [5, 5.41) is 7.28. The second-order valence-corrected chi connectivity index (χ2v) is 4.12.